The molecule has 1 aromatic carbocycles. The third-order valence-corrected chi connectivity index (χ3v) is 3.91. The van der Waals surface area contributed by atoms with Crippen molar-refractivity contribution in [3.8, 4) is 0 Å². The minimum atomic E-state index is -0.673. The van der Waals surface area contributed by atoms with Gasteiger partial charge in [-0.25, -0.2) is 4.39 Å². The van der Waals surface area contributed by atoms with Crippen molar-refractivity contribution < 1.29 is 14.3 Å². The number of amides is 1. The van der Waals surface area contributed by atoms with Crippen LogP contribution in [0, 0.1) is 5.82 Å². The Balaban J connectivity index is 2.43. The molecule has 2 N–H and O–H groups in total. The van der Waals surface area contributed by atoms with Crippen LogP contribution in [-0.2, 0) is 0 Å². The molecule has 0 aliphatic heterocycles. The predicted octanol–water partition coefficient (Wildman–Crippen LogP) is 2.98. The van der Waals surface area contributed by atoms with Gasteiger partial charge in [0.1, 0.15) is 5.82 Å². The van der Waals surface area contributed by atoms with E-state index in [1.807, 2.05) is 0 Å². The number of hydrogen-bond donors (Lipinski definition) is 2. The Hall–Kier alpha value is -0.490. The molecule has 3 nitrogen and oxygen atoms in total. The summed E-state index contributed by atoms with van der Waals surface area (Å²) in [6.45, 7) is 0.620. The molecule has 0 saturated carbocycles. The fraction of sp³-hybridized carbons (Fsp3) is 0.417. The van der Waals surface area contributed by atoms with Crippen molar-refractivity contribution in [2.45, 2.75) is 6.42 Å². The van der Waals surface area contributed by atoms with Crippen molar-refractivity contribution in [1.29, 1.82) is 0 Å². The van der Waals surface area contributed by atoms with Gasteiger partial charge in [0.15, 0.2) is 0 Å². The topological polar surface area (TPSA) is 49.3 Å². The molecule has 0 aliphatic rings. The van der Waals surface area contributed by atoms with E-state index in [-0.39, 0.29) is 22.2 Å². The summed E-state index contributed by atoms with van der Waals surface area (Å²) >= 11 is 13.0. The lowest BCUT2D eigenvalue weighted by atomic mass is 10.2. The molecule has 0 unspecified atom stereocenters. The molecule has 106 valence electrons. The fourth-order valence-corrected chi connectivity index (χ4v) is 2.55. The zero-order valence-electron chi connectivity index (χ0n) is 10.1. The number of aliphatic hydroxyl groups excluding tert-OH is 1. The molecular formula is C12H14Cl2FNO2S. The van der Waals surface area contributed by atoms with E-state index in [1.54, 1.807) is 11.8 Å². The van der Waals surface area contributed by atoms with Crippen LogP contribution in [-0.4, -0.2) is 35.7 Å². The Labute approximate surface area is 125 Å². The van der Waals surface area contributed by atoms with Crippen LogP contribution >= 0.6 is 35.0 Å². The van der Waals surface area contributed by atoms with Crippen LogP contribution in [0.5, 0.6) is 0 Å². The molecule has 0 heterocycles. The molecule has 19 heavy (non-hydrogen) atoms. The highest BCUT2D eigenvalue weighted by atomic mass is 35.5. The molecule has 0 radical (unpaired) electrons. The number of nitrogens with one attached hydrogen (secondary N) is 1. The smallest absolute Gasteiger partial charge is 0.252 e. The van der Waals surface area contributed by atoms with Gasteiger partial charge < -0.3 is 10.4 Å². The Morgan fingerprint density at radius 1 is 1.32 bits per heavy atom. The van der Waals surface area contributed by atoms with Gasteiger partial charge >= 0.3 is 0 Å². The van der Waals surface area contributed by atoms with E-state index in [9.17, 15) is 9.18 Å². The molecule has 1 rings (SSSR count). The quantitative estimate of drug-likeness (QED) is 0.598. The zero-order valence-corrected chi connectivity index (χ0v) is 12.4. The van der Waals surface area contributed by atoms with Crippen LogP contribution < -0.4 is 5.32 Å². The Kier molecular flexibility index (Phi) is 7.53. The zero-order chi connectivity index (χ0) is 14.3. The second kappa shape index (κ2) is 8.64. The number of hydrogen-bond acceptors (Lipinski definition) is 3. The largest absolute Gasteiger partial charge is 0.396 e. The number of carbonyl (C=O) groups excluding carboxylic acids is 1. The summed E-state index contributed by atoms with van der Waals surface area (Å²) < 4.78 is 13.2. The second-order valence-corrected chi connectivity index (χ2v) is 5.73. The predicted molar refractivity (Wildman–Crippen MR) is 77.8 cm³/mol. The van der Waals surface area contributed by atoms with Gasteiger partial charge in [0.2, 0.25) is 0 Å². The molecule has 1 amide bonds. The van der Waals surface area contributed by atoms with Gasteiger partial charge in [0.25, 0.3) is 5.91 Å². The van der Waals surface area contributed by atoms with E-state index < -0.39 is 11.7 Å². The molecule has 7 heteroatoms. The Morgan fingerprint density at radius 2 is 2.05 bits per heavy atom. The van der Waals surface area contributed by atoms with E-state index in [4.69, 9.17) is 28.3 Å². The first-order valence-corrected chi connectivity index (χ1v) is 7.58. The standard InChI is InChI=1S/C12H14Cl2FNO2S/c13-9-7-10(14)11(15)6-8(9)12(18)16-2-5-19-4-1-3-17/h6-7,17H,1-5H2,(H,16,18). The van der Waals surface area contributed by atoms with Crippen LogP contribution in [0.1, 0.15) is 16.8 Å². The van der Waals surface area contributed by atoms with Crippen LogP contribution in [0.25, 0.3) is 0 Å². The molecule has 0 atom stereocenters. The van der Waals surface area contributed by atoms with Crippen LogP contribution in [0.4, 0.5) is 4.39 Å². The van der Waals surface area contributed by atoms with Gasteiger partial charge in [-0.15, -0.1) is 0 Å². The first-order chi connectivity index (χ1) is 9.06. The Morgan fingerprint density at radius 3 is 2.74 bits per heavy atom. The summed E-state index contributed by atoms with van der Waals surface area (Å²) in [6.07, 6.45) is 0.729. The maximum Gasteiger partial charge on any atom is 0.252 e. The van der Waals surface area contributed by atoms with Crippen molar-refractivity contribution in [3.05, 3.63) is 33.6 Å². The number of rotatable bonds is 7. The van der Waals surface area contributed by atoms with Gasteiger partial charge in [-0.2, -0.15) is 11.8 Å². The van der Waals surface area contributed by atoms with Gasteiger partial charge in [0.05, 0.1) is 15.6 Å². The van der Waals surface area contributed by atoms with Gasteiger partial charge in [-0.3, -0.25) is 4.79 Å². The molecule has 0 fully saturated rings. The highest BCUT2D eigenvalue weighted by molar-refractivity contribution is 7.99. The highest BCUT2D eigenvalue weighted by Gasteiger charge is 2.13. The first kappa shape index (κ1) is 16.6. The lowest BCUT2D eigenvalue weighted by molar-refractivity contribution is 0.0956. The van der Waals surface area contributed by atoms with Crippen LogP contribution in [0.3, 0.4) is 0 Å². The monoisotopic (exact) mass is 325 g/mol. The van der Waals surface area contributed by atoms with E-state index in [1.165, 1.54) is 6.07 Å². The SMILES string of the molecule is O=C(NCCSCCCO)c1cc(F)c(Cl)cc1Cl. The number of carbonyl (C=O) groups is 1. The van der Waals surface area contributed by atoms with E-state index in [0.29, 0.717) is 6.54 Å². The molecule has 0 spiro atoms. The minimum Gasteiger partial charge on any atom is -0.396 e. The average Bonchev–Trinajstić information content (AvgIpc) is 2.37. The number of thioether (sulfide) groups is 1. The lowest BCUT2D eigenvalue weighted by Crippen LogP contribution is -2.26. The second-order valence-electron chi connectivity index (χ2n) is 3.69. The number of benzene rings is 1. The molecule has 1 aromatic rings. The summed E-state index contributed by atoms with van der Waals surface area (Å²) in [7, 11) is 0. The van der Waals surface area contributed by atoms with Crippen molar-refractivity contribution in [3.63, 3.8) is 0 Å². The van der Waals surface area contributed by atoms with E-state index >= 15 is 0 Å². The fourth-order valence-electron chi connectivity index (χ4n) is 1.30. The highest BCUT2D eigenvalue weighted by Crippen LogP contribution is 2.24. The van der Waals surface area contributed by atoms with E-state index in [0.717, 1.165) is 24.0 Å². The van der Waals surface area contributed by atoms with Crippen molar-refractivity contribution in [2.75, 3.05) is 24.7 Å². The summed E-state index contributed by atoms with van der Waals surface area (Å²) in [5.41, 5.74) is 0.0731. The van der Waals surface area contributed by atoms with Gasteiger partial charge in [-0.1, -0.05) is 23.2 Å². The number of halogens is 3. The lowest BCUT2D eigenvalue weighted by Gasteiger charge is -2.07. The third kappa shape index (κ3) is 5.57. The van der Waals surface area contributed by atoms with Crippen molar-refractivity contribution >= 4 is 40.9 Å². The summed E-state index contributed by atoms with van der Waals surface area (Å²) in [6, 6.07) is 2.24. The summed E-state index contributed by atoms with van der Waals surface area (Å²) in [5, 5.41) is 11.3. The molecular weight excluding hydrogens is 312 g/mol. The maximum absolute atomic E-state index is 13.2. The minimum absolute atomic E-state index is 0.0731. The first-order valence-electron chi connectivity index (χ1n) is 5.67. The normalized spacial score (nSPS) is 10.5. The molecule has 0 aromatic heterocycles. The maximum atomic E-state index is 13.2. The molecule has 0 aliphatic carbocycles. The van der Waals surface area contributed by atoms with E-state index in [2.05, 4.69) is 5.32 Å². The van der Waals surface area contributed by atoms with Crippen molar-refractivity contribution in [2.24, 2.45) is 0 Å². The van der Waals surface area contributed by atoms with Crippen LogP contribution in [0.15, 0.2) is 12.1 Å². The van der Waals surface area contributed by atoms with Crippen LogP contribution in [0.2, 0.25) is 10.0 Å². The third-order valence-electron chi connectivity index (χ3n) is 2.23. The summed E-state index contributed by atoms with van der Waals surface area (Å²) in [4.78, 5) is 11.8. The van der Waals surface area contributed by atoms with Gasteiger partial charge in [-0.05, 0) is 24.3 Å². The Bertz CT molecular complexity index is 446. The van der Waals surface area contributed by atoms with Crippen molar-refractivity contribution in [1.82, 2.24) is 5.32 Å². The average molecular weight is 326 g/mol. The molecule has 0 saturated heterocycles. The number of aliphatic hydroxyl groups is 1. The summed E-state index contributed by atoms with van der Waals surface area (Å²) in [5.74, 6) is 0.458. The molecule has 0 bridgehead atoms. The van der Waals surface area contributed by atoms with Gasteiger partial charge in [0, 0.05) is 18.9 Å².